The minimum absolute atomic E-state index is 0.619. The Hall–Kier alpha value is -1.54. The van der Waals surface area contributed by atoms with Crippen LogP contribution in [0.3, 0.4) is 0 Å². The molecule has 0 saturated carbocycles. The molecular formula is C17H22N2. The van der Waals surface area contributed by atoms with Crippen molar-refractivity contribution in [2.24, 2.45) is 0 Å². The lowest BCUT2D eigenvalue weighted by Crippen LogP contribution is -2.38. The Kier molecular flexibility index (Phi) is 3.69. The van der Waals surface area contributed by atoms with Crippen molar-refractivity contribution >= 4 is 16.5 Å². The molecule has 2 aromatic rings. The number of nitrogens with zero attached hydrogens (tertiary/aromatic N) is 1. The summed E-state index contributed by atoms with van der Waals surface area (Å²) in [6.07, 6.45) is 2.49. The molecule has 2 heteroatoms. The Bertz CT molecular complexity index is 536. The molecule has 0 aliphatic carbocycles. The fourth-order valence-corrected chi connectivity index (χ4v) is 2.96. The molecule has 3 rings (SSSR count). The van der Waals surface area contributed by atoms with Crippen LogP contribution in [-0.2, 0) is 0 Å². The second-order valence-electron chi connectivity index (χ2n) is 5.38. The van der Waals surface area contributed by atoms with Crippen LogP contribution in [0.15, 0.2) is 42.5 Å². The van der Waals surface area contributed by atoms with Gasteiger partial charge in [-0.2, -0.15) is 0 Å². The highest BCUT2D eigenvalue weighted by atomic mass is 15.1. The van der Waals surface area contributed by atoms with Gasteiger partial charge in [-0.1, -0.05) is 43.3 Å². The molecule has 1 N–H and O–H groups in total. The van der Waals surface area contributed by atoms with Gasteiger partial charge in [0.25, 0.3) is 0 Å². The molecule has 0 aromatic heterocycles. The smallest absolute Gasteiger partial charge is 0.0422 e. The maximum Gasteiger partial charge on any atom is 0.0422 e. The maximum absolute atomic E-state index is 3.74. The lowest BCUT2D eigenvalue weighted by Gasteiger charge is -2.32. The Morgan fingerprint density at radius 2 is 1.79 bits per heavy atom. The van der Waals surface area contributed by atoms with E-state index in [0.717, 1.165) is 0 Å². The van der Waals surface area contributed by atoms with Crippen LogP contribution in [0.2, 0.25) is 0 Å². The number of hydrogen-bond acceptors (Lipinski definition) is 2. The predicted molar refractivity (Wildman–Crippen MR) is 82.7 cm³/mol. The molecule has 1 fully saturated rings. The van der Waals surface area contributed by atoms with Crippen LogP contribution in [0.25, 0.3) is 10.8 Å². The van der Waals surface area contributed by atoms with Gasteiger partial charge in [-0.3, -0.25) is 0 Å². The first-order chi connectivity index (χ1) is 9.36. The number of anilines is 1. The first kappa shape index (κ1) is 12.5. The highest BCUT2D eigenvalue weighted by Crippen LogP contribution is 2.25. The lowest BCUT2D eigenvalue weighted by atomic mass is 10.0. The van der Waals surface area contributed by atoms with Crippen molar-refractivity contribution in [2.75, 3.05) is 25.0 Å². The minimum Gasteiger partial charge on any atom is -0.382 e. The molecule has 1 aliphatic heterocycles. The first-order valence-electron chi connectivity index (χ1n) is 7.33. The van der Waals surface area contributed by atoms with Crippen molar-refractivity contribution < 1.29 is 0 Å². The normalized spacial score (nSPS) is 17.7. The Labute approximate surface area is 115 Å². The molecule has 1 saturated heterocycles. The Balaban J connectivity index is 1.75. The van der Waals surface area contributed by atoms with Crippen LogP contribution >= 0.6 is 0 Å². The zero-order valence-corrected chi connectivity index (χ0v) is 11.6. The third-order valence-electron chi connectivity index (χ3n) is 4.18. The van der Waals surface area contributed by atoms with Gasteiger partial charge in [0.15, 0.2) is 0 Å². The van der Waals surface area contributed by atoms with Crippen molar-refractivity contribution in [1.82, 2.24) is 4.90 Å². The SMILES string of the molecule is CCN1CCC(Nc2cccc3ccccc23)CC1. The van der Waals surface area contributed by atoms with Gasteiger partial charge in [0.05, 0.1) is 0 Å². The van der Waals surface area contributed by atoms with Crippen molar-refractivity contribution in [1.29, 1.82) is 0 Å². The van der Waals surface area contributed by atoms with Gasteiger partial charge in [0.1, 0.15) is 0 Å². The Morgan fingerprint density at radius 1 is 1.05 bits per heavy atom. The summed E-state index contributed by atoms with van der Waals surface area (Å²) in [6, 6.07) is 15.8. The van der Waals surface area contributed by atoms with E-state index >= 15 is 0 Å². The summed E-state index contributed by atoms with van der Waals surface area (Å²) >= 11 is 0. The monoisotopic (exact) mass is 254 g/mol. The van der Waals surface area contributed by atoms with E-state index in [2.05, 4.69) is 59.6 Å². The zero-order valence-electron chi connectivity index (χ0n) is 11.6. The molecule has 0 amide bonds. The number of fused-ring (bicyclic) bond motifs is 1. The summed E-state index contributed by atoms with van der Waals surface area (Å²) in [6.45, 7) is 5.87. The van der Waals surface area contributed by atoms with E-state index in [-0.39, 0.29) is 0 Å². The molecule has 100 valence electrons. The van der Waals surface area contributed by atoms with Crippen molar-refractivity contribution in [3.05, 3.63) is 42.5 Å². The molecule has 1 aliphatic rings. The zero-order chi connectivity index (χ0) is 13.1. The van der Waals surface area contributed by atoms with Crippen LogP contribution in [0.1, 0.15) is 19.8 Å². The summed E-state index contributed by atoms with van der Waals surface area (Å²) < 4.78 is 0. The highest BCUT2D eigenvalue weighted by molar-refractivity contribution is 5.93. The molecule has 0 atom stereocenters. The first-order valence-corrected chi connectivity index (χ1v) is 7.33. The van der Waals surface area contributed by atoms with E-state index in [1.54, 1.807) is 0 Å². The van der Waals surface area contributed by atoms with Crippen LogP contribution in [0, 0.1) is 0 Å². The van der Waals surface area contributed by atoms with Gasteiger partial charge in [-0.15, -0.1) is 0 Å². The molecule has 0 spiro atoms. The standard InChI is InChI=1S/C17H22N2/c1-2-19-12-10-15(11-13-19)18-17-9-5-7-14-6-3-4-8-16(14)17/h3-9,15,18H,2,10-13H2,1H3. The van der Waals surface area contributed by atoms with E-state index in [0.29, 0.717) is 6.04 Å². The van der Waals surface area contributed by atoms with Crippen LogP contribution < -0.4 is 5.32 Å². The number of piperidine rings is 1. The molecule has 0 unspecified atom stereocenters. The van der Waals surface area contributed by atoms with E-state index < -0.39 is 0 Å². The molecule has 2 aromatic carbocycles. The molecule has 1 heterocycles. The van der Waals surface area contributed by atoms with Crippen molar-refractivity contribution in [3.8, 4) is 0 Å². The average molecular weight is 254 g/mol. The molecule has 0 radical (unpaired) electrons. The summed E-state index contributed by atoms with van der Waals surface area (Å²) in [7, 11) is 0. The lowest BCUT2D eigenvalue weighted by molar-refractivity contribution is 0.229. The third-order valence-corrected chi connectivity index (χ3v) is 4.18. The van der Waals surface area contributed by atoms with Crippen molar-refractivity contribution in [2.45, 2.75) is 25.8 Å². The van der Waals surface area contributed by atoms with Crippen molar-refractivity contribution in [3.63, 3.8) is 0 Å². The number of benzene rings is 2. The molecule has 0 bridgehead atoms. The van der Waals surface area contributed by atoms with E-state index in [1.165, 1.54) is 48.9 Å². The molecule has 2 nitrogen and oxygen atoms in total. The Morgan fingerprint density at radius 3 is 2.58 bits per heavy atom. The van der Waals surface area contributed by atoms with Gasteiger partial charge in [0, 0.05) is 30.2 Å². The van der Waals surface area contributed by atoms with E-state index in [4.69, 9.17) is 0 Å². The molecular weight excluding hydrogens is 232 g/mol. The van der Waals surface area contributed by atoms with E-state index in [1.807, 2.05) is 0 Å². The number of nitrogens with one attached hydrogen (secondary N) is 1. The van der Waals surface area contributed by atoms with Gasteiger partial charge in [-0.05, 0) is 30.8 Å². The third kappa shape index (κ3) is 2.74. The van der Waals surface area contributed by atoms with Gasteiger partial charge < -0.3 is 10.2 Å². The molecule has 19 heavy (non-hydrogen) atoms. The quantitative estimate of drug-likeness (QED) is 0.897. The van der Waals surface area contributed by atoms with E-state index in [9.17, 15) is 0 Å². The van der Waals surface area contributed by atoms with Gasteiger partial charge in [-0.25, -0.2) is 0 Å². The van der Waals surface area contributed by atoms with Crippen LogP contribution in [0.5, 0.6) is 0 Å². The van der Waals surface area contributed by atoms with Gasteiger partial charge >= 0.3 is 0 Å². The number of rotatable bonds is 3. The average Bonchev–Trinajstić information content (AvgIpc) is 2.48. The topological polar surface area (TPSA) is 15.3 Å². The predicted octanol–water partition coefficient (Wildman–Crippen LogP) is 3.74. The number of hydrogen-bond donors (Lipinski definition) is 1. The summed E-state index contributed by atoms with van der Waals surface area (Å²) in [4.78, 5) is 2.53. The fraction of sp³-hybridized carbons (Fsp3) is 0.412. The maximum atomic E-state index is 3.74. The fourth-order valence-electron chi connectivity index (χ4n) is 2.96. The summed E-state index contributed by atoms with van der Waals surface area (Å²) in [5.41, 5.74) is 1.29. The van der Waals surface area contributed by atoms with Crippen LogP contribution in [-0.4, -0.2) is 30.6 Å². The highest BCUT2D eigenvalue weighted by Gasteiger charge is 2.18. The second kappa shape index (κ2) is 5.62. The summed E-state index contributed by atoms with van der Waals surface area (Å²) in [5, 5.41) is 6.40. The largest absolute Gasteiger partial charge is 0.382 e. The second-order valence-corrected chi connectivity index (χ2v) is 5.38. The minimum atomic E-state index is 0.619. The van der Waals surface area contributed by atoms with Gasteiger partial charge in [0.2, 0.25) is 0 Å². The number of likely N-dealkylation sites (tertiary alicyclic amines) is 1. The van der Waals surface area contributed by atoms with Crippen LogP contribution in [0.4, 0.5) is 5.69 Å². The summed E-state index contributed by atoms with van der Waals surface area (Å²) in [5.74, 6) is 0.